The van der Waals surface area contributed by atoms with Crippen molar-refractivity contribution in [3.05, 3.63) is 220 Å². The smallest absolute Gasteiger partial charge is 0.307 e. The van der Waals surface area contributed by atoms with E-state index in [2.05, 4.69) is 106 Å². The van der Waals surface area contributed by atoms with E-state index in [1.165, 1.54) is 27.8 Å². The number of benzene rings is 7. The number of hydrogen-bond acceptors (Lipinski definition) is 7. The van der Waals surface area contributed by atoms with Crippen molar-refractivity contribution < 1.29 is 38.5 Å². The van der Waals surface area contributed by atoms with Crippen molar-refractivity contribution in [2.75, 3.05) is 6.54 Å². The Labute approximate surface area is 495 Å². The Hall–Kier alpha value is -8.51. The lowest BCUT2D eigenvalue weighted by Gasteiger charge is -2.32. The van der Waals surface area contributed by atoms with Crippen LogP contribution in [0, 0.1) is 5.82 Å². The molecule has 0 fully saturated rings. The van der Waals surface area contributed by atoms with E-state index in [1.807, 2.05) is 84.6 Å². The van der Waals surface area contributed by atoms with Gasteiger partial charge in [0, 0.05) is 24.7 Å². The lowest BCUT2D eigenvalue weighted by atomic mass is 9.72. The van der Waals surface area contributed by atoms with Crippen LogP contribution in [0.5, 0.6) is 5.75 Å². The largest absolute Gasteiger partial charge is 0.489 e. The first-order valence-electron chi connectivity index (χ1n) is 29.5. The number of nitrogens with zero attached hydrogens (tertiary/aromatic N) is 4. The van der Waals surface area contributed by atoms with E-state index < -0.39 is 17.8 Å². The maximum absolute atomic E-state index is 14.3. The minimum Gasteiger partial charge on any atom is -0.489 e. The molecule has 436 valence electrons. The van der Waals surface area contributed by atoms with Crippen LogP contribution in [0.4, 0.5) is 4.39 Å². The quantitative estimate of drug-likeness (QED) is 0.0190. The van der Waals surface area contributed by atoms with Gasteiger partial charge in [0.15, 0.2) is 0 Å². The molecule has 0 aliphatic carbocycles. The van der Waals surface area contributed by atoms with Crippen LogP contribution in [0.15, 0.2) is 174 Å². The SMILES string of the molecule is CCN1C(=O)C(CCCc2ccc(C(C)(C)CCC(C)(C)c3ccc(CN(C=O)N=CCCCc4cccc(-c5ccc(OCc6ccccc6)c(CC(=O)O)c5)c4)cc3)cc2)N=C1CCCc1cccc(-c2ccc(F)c(CC(=O)O)c2)c1. The molecule has 1 aliphatic rings. The highest BCUT2D eigenvalue weighted by molar-refractivity contribution is 6.05. The second-order valence-corrected chi connectivity index (χ2v) is 23.4. The number of carbonyl (C=O) groups is 4. The fraction of sp³-hybridized carbons (Fsp3) is 0.333. The van der Waals surface area contributed by atoms with Gasteiger partial charge in [-0.2, -0.15) is 5.10 Å². The van der Waals surface area contributed by atoms with E-state index in [1.54, 1.807) is 18.3 Å². The van der Waals surface area contributed by atoms with Crippen LogP contribution in [0.1, 0.15) is 136 Å². The number of amidine groups is 1. The van der Waals surface area contributed by atoms with Crippen molar-refractivity contribution in [1.29, 1.82) is 0 Å². The van der Waals surface area contributed by atoms with Crippen molar-refractivity contribution in [2.45, 2.75) is 148 Å². The maximum Gasteiger partial charge on any atom is 0.307 e. The van der Waals surface area contributed by atoms with Gasteiger partial charge in [-0.05, 0) is 173 Å². The minimum absolute atomic E-state index is 0.0483. The lowest BCUT2D eigenvalue weighted by molar-refractivity contribution is -0.137. The molecule has 0 radical (unpaired) electrons. The Bertz CT molecular complexity index is 3430. The van der Waals surface area contributed by atoms with E-state index in [4.69, 9.17) is 9.73 Å². The molecule has 8 rings (SSSR count). The molecule has 12 heteroatoms. The van der Waals surface area contributed by atoms with Gasteiger partial charge >= 0.3 is 11.9 Å². The highest BCUT2D eigenvalue weighted by atomic mass is 19.1. The standard InChI is InChI=1S/C72H79FN4O7/c1-6-77-67(26-15-22-53-21-13-23-56(43-53)58-31-37-64(73)60(44-58)46-68(79)80)75-65(70(77)83)25-14-19-51-27-33-62(34-28-51)71(2,3)39-40-72(4,5)63-35-29-54(30-36-63)48-76(50-78)74-41-11-10-16-52-20-12-24-57(42-52)59-32-38-66(61(45-59)47-69(81)82)84-49-55-17-8-7-9-18-55/h7-9,12-13,17-18,20-21,23-24,27-38,41-45,50,65H,6,10-11,14-16,19,22,25-26,39-40,46-49H2,1-5H3,(H,79,80)(H,81,82). The topological polar surface area (TPSA) is 149 Å². The predicted octanol–water partition coefficient (Wildman–Crippen LogP) is 15.0. The molecule has 1 heterocycles. The van der Waals surface area contributed by atoms with Crippen molar-refractivity contribution >= 4 is 36.3 Å². The summed E-state index contributed by atoms with van der Waals surface area (Å²) in [6, 6.07) is 53.6. The molecule has 1 atom stereocenters. The molecule has 1 unspecified atom stereocenters. The van der Waals surface area contributed by atoms with Crippen LogP contribution in [0.25, 0.3) is 22.3 Å². The number of aliphatic imine (C=N–C) groups is 1. The number of halogens is 1. The number of likely N-dealkylation sites (N-methyl/N-ethyl adjacent to an activating group) is 1. The van der Waals surface area contributed by atoms with Crippen LogP contribution in [-0.2, 0) is 75.3 Å². The number of aliphatic carboxylic acids is 2. The van der Waals surface area contributed by atoms with Crippen LogP contribution in [0.2, 0.25) is 0 Å². The van der Waals surface area contributed by atoms with Gasteiger partial charge in [0.1, 0.15) is 30.1 Å². The fourth-order valence-corrected chi connectivity index (χ4v) is 11.0. The van der Waals surface area contributed by atoms with Gasteiger partial charge < -0.3 is 14.9 Å². The number of aryl methyl sites for hydroxylation is 3. The molecule has 0 saturated carbocycles. The first-order chi connectivity index (χ1) is 40.5. The van der Waals surface area contributed by atoms with Gasteiger partial charge in [0.25, 0.3) is 5.91 Å². The second kappa shape index (κ2) is 29.1. The fourth-order valence-electron chi connectivity index (χ4n) is 11.0. The molecule has 0 saturated heterocycles. The number of carboxylic acid groups (broad SMARTS) is 2. The summed E-state index contributed by atoms with van der Waals surface area (Å²) in [6.45, 7) is 12.5. The number of hydrazone groups is 1. The zero-order valence-corrected chi connectivity index (χ0v) is 49.2. The molecule has 11 nitrogen and oxygen atoms in total. The molecule has 7 aromatic rings. The van der Waals surface area contributed by atoms with Crippen molar-refractivity contribution in [1.82, 2.24) is 9.91 Å². The van der Waals surface area contributed by atoms with Gasteiger partial charge in [-0.1, -0.05) is 167 Å². The third-order valence-electron chi connectivity index (χ3n) is 16.2. The number of ether oxygens (including phenoxy) is 1. The molecule has 7 aromatic carbocycles. The summed E-state index contributed by atoms with van der Waals surface area (Å²) in [5.74, 6) is -1.02. The van der Waals surface area contributed by atoms with Crippen molar-refractivity contribution in [3.8, 4) is 28.0 Å². The number of rotatable bonds is 31. The van der Waals surface area contributed by atoms with Crippen LogP contribution in [0.3, 0.4) is 0 Å². The van der Waals surface area contributed by atoms with Crippen LogP contribution < -0.4 is 4.74 Å². The number of carbonyl (C=O) groups excluding carboxylic acids is 2. The van der Waals surface area contributed by atoms with Crippen molar-refractivity contribution in [3.63, 3.8) is 0 Å². The Balaban J connectivity index is 0.752. The monoisotopic (exact) mass is 1130 g/mol. The summed E-state index contributed by atoms with van der Waals surface area (Å²) in [7, 11) is 0. The molecule has 0 spiro atoms. The number of unbranched alkanes of at least 4 members (excludes halogenated alkanes) is 1. The van der Waals surface area contributed by atoms with Crippen LogP contribution >= 0.6 is 0 Å². The van der Waals surface area contributed by atoms with Gasteiger partial charge in [-0.25, -0.2) is 9.40 Å². The molecular formula is C72H79FN4O7. The molecule has 2 N–H and O–H groups in total. The molecule has 1 aliphatic heterocycles. The summed E-state index contributed by atoms with van der Waals surface area (Å²) in [5.41, 5.74) is 12.3. The second-order valence-electron chi connectivity index (χ2n) is 23.4. The maximum atomic E-state index is 14.3. The van der Waals surface area contributed by atoms with E-state index in [0.29, 0.717) is 50.3 Å². The highest BCUT2D eigenvalue weighted by Crippen LogP contribution is 2.37. The van der Waals surface area contributed by atoms with Gasteiger partial charge in [0.2, 0.25) is 6.41 Å². The number of carboxylic acids is 2. The van der Waals surface area contributed by atoms with Gasteiger partial charge in [-0.3, -0.25) is 29.1 Å². The Morgan fingerprint density at radius 1 is 0.631 bits per heavy atom. The Morgan fingerprint density at radius 3 is 1.79 bits per heavy atom. The first-order valence-corrected chi connectivity index (χ1v) is 29.5. The molecule has 2 amide bonds. The zero-order chi connectivity index (χ0) is 59.6. The molecular weight excluding hydrogens is 1050 g/mol. The Kier molecular flexibility index (Phi) is 21.4. The normalized spacial score (nSPS) is 13.5. The van der Waals surface area contributed by atoms with Crippen molar-refractivity contribution in [2.24, 2.45) is 10.1 Å². The van der Waals surface area contributed by atoms with E-state index >= 15 is 0 Å². The average molecular weight is 1130 g/mol. The minimum atomic E-state index is -1.07. The summed E-state index contributed by atoms with van der Waals surface area (Å²) in [4.78, 5) is 55.4. The van der Waals surface area contributed by atoms with E-state index in [-0.39, 0.29) is 41.2 Å². The third-order valence-corrected chi connectivity index (χ3v) is 16.2. The predicted molar refractivity (Wildman–Crippen MR) is 333 cm³/mol. The number of hydrogen-bond donors (Lipinski definition) is 2. The highest BCUT2D eigenvalue weighted by Gasteiger charge is 2.33. The summed E-state index contributed by atoms with van der Waals surface area (Å²) in [5, 5.41) is 24.8. The van der Waals surface area contributed by atoms with E-state index in [0.717, 1.165) is 108 Å². The average Bonchev–Trinajstić information content (AvgIpc) is 3.99. The molecule has 0 aromatic heterocycles. The summed E-state index contributed by atoms with van der Waals surface area (Å²) < 4.78 is 20.3. The van der Waals surface area contributed by atoms with E-state index in [9.17, 15) is 33.8 Å². The first kappa shape index (κ1) is 61.6. The summed E-state index contributed by atoms with van der Waals surface area (Å²) in [6.07, 6.45) is 11.1. The van der Waals surface area contributed by atoms with Gasteiger partial charge in [-0.15, -0.1) is 0 Å². The molecule has 0 bridgehead atoms. The Morgan fingerprint density at radius 2 is 1.18 bits per heavy atom. The zero-order valence-electron chi connectivity index (χ0n) is 49.2. The molecule has 84 heavy (non-hydrogen) atoms. The third kappa shape index (κ3) is 17.3. The summed E-state index contributed by atoms with van der Waals surface area (Å²) >= 11 is 0. The van der Waals surface area contributed by atoms with Crippen LogP contribution in [-0.4, -0.2) is 69.0 Å². The number of amides is 2. The lowest BCUT2D eigenvalue weighted by Crippen LogP contribution is -2.35. The van der Waals surface area contributed by atoms with Gasteiger partial charge in [0.05, 0.1) is 19.4 Å².